The molecule has 0 amide bonds. The third-order valence-corrected chi connectivity index (χ3v) is 1.98. The molecule has 0 spiro atoms. The Morgan fingerprint density at radius 3 is 1.95 bits per heavy atom. The number of nitrogens with one attached hydrogen (secondary N) is 1. The summed E-state index contributed by atoms with van der Waals surface area (Å²) in [5.74, 6) is 1.39. The average molecular weight is 276 g/mol. The van der Waals surface area contributed by atoms with E-state index in [2.05, 4.69) is 29.9 Å². The van der Waals surface area contributed by atoms with Crippen LogP contribution in [0.2, 0.25) is 0 Å². The predicted octanol–water partition coefficient (Wildman–Crippen LogP) is 3.63. The van der Waals surface area contributed by atoms with E-state index in [4.69, 9.17) is 0 Å². The Morgan fingerprint density at radius 2 is 1.35 bits per heavy atom. The third kappa shape index (κ3) is 3.94. The van der Waals surface area contributed by atoms with Gasteiger partial charge in [0.2, 0.25) is 0 Å². The van der Waals surface area contributed by atoms with Crippen molar-refractivity contribution in [3.05, 3.63) is 18.5 Å². The summed E-state index contributed by atoms with van der Waals surface area (Å²) < 4.78 is 0. The van der Waals surface area contributed by atoms with E-state index < -0.39 is 0 Å². The second kappa shape index (κ2) is 9.77. The number of hydrogen-bond acceptors (Lipinski definition) is 5. The minimum absolute atomic E-state index is 0.580. The van der Waals surface area contributed by atoms with E-state index >= 15 is 0 Å². The molecule has 3 rings (SSSR count). The molecular formula is C14H24N6. The zero-order valence-electron chi connectivity index (χ0n) is 13.4. The Kier molecular flexibility index (Phi) is 8.74. The maximum Gasteiger partial charge on any atom is 0.183 e. The third-order valence-electron chi connectivity index (χ3n) is 1.98. The van der Waals surface area contributed by atoms with Crippen LogP contribution in [-0.2, 0) is 0 Å². The summed E-state index contributed by atoms with van der Waals surface area (Å²) in [5, 5.41) is 0. The van der Waals surface area contributed by atoms with Gasteiger partial charge in [-0.15, -0.1) is 0 Å². The van der Waals surface area contributed by atoms with Crippen molar-refractivity contribution in [2.45, 2.75) is 48.5 Å². The van der Waals surface area contributed by atoms with Crippen LogP contribution < -0.4 is 0 Å². The number of aromatic amines is 1. The van der Waals surface area contributed by atoms with Gasteiger partial charge in [0.1, 0.15) is 29.7 Å². The van der Waals surface area contributed by atoms with E-state index in [9.17, 15) is 0 Å². The summed E-state index contributed by atoms with van der Waals surface area (Å²) >= 11 is 0. The number of imidazole rings is 2. The SMILES string of the molecule is CC.CC.CC.Cc1nc2ncnc3ncnc-3c2[nH]1. The van der Waals surface area contributed by atoms with Gasteiger partial charge < -0.3 is 4.98 Å². The quantitative estimate of drug-likeness (QED) is 0.678. The van der Waals surface area contributed by atoms with Crippen molar-refractivity contribution < 1.29 is 0 Å². The number of nitrogens with zero attached hydrogens (tertiary/aromatic N) is 5. The zero-order chi connectivity index (χ0) is 15.5. The fourth-order valence-corrected chi connectivity index (χ4v) is 1.41. The van der Waals surface area contributed by atoms with Crippen LogP contribution in [0.15, 0.2) is 12.7 Å². The predicted molar refractivity (Wildman–Crippen MR) is 82.7 cm³/mol. The molecular weight excluding hydrogens is 252 g/mol. The second-order valence-electron chi connectivity index (χ2n) is 2.94. The number of aromatic nitrogens is 6. The van der Waals surface area contributed by atoms with Crippen LogP contribution in [0.25, 0.3) is 22.7 Å². The Balaban J connectivity index is 0.000000538. The summed E-state index contributed by atoms with van der Waals surface area (Å²) in [6.07, 6.45) is 2.92. The van der Waals surface area contributed by atoms with E-state index in [1.807, 2.05) is 48.5 Å². The second-order valence-corrected chi connectivity index (χ2v) is 2.94. The monoisotopic (exact) mass is 276 g/mol. The van der Waals surface area contributed by atoms with Crippen LogP contribution in [0.1, 0.15) is 47.4 Å². The molecule has 1 aromatic rings. The maximum absolute atomic E-state index is 4.21. The van der Waals surface area contributed by atoms with Crippen molar-refractivity contribution in [1.29, 1.82) is 0 Å². The van der Waals surface area contributed by atoms with Crippen molar-refractivity contribution in [1.82, 2.24) is 29.9 Å². The standard InChI is InChI=1S/C8H6N6.3C2H6/c1-4-13-6-5-7(10-2-9-5)11-3-12-8(6)14-4;3*1-2/h2-3H,1H3,(H,9,10,11,12,13,14);3*1-2H3. The molecule has 0 radical (unpaired) electrons. The fraction of sp³-hybridized carbons (Fsp3) is 0.500. The number of fused-ring (bicyclic) bond motifs is 3. The minimum Gasteiger partial charge on any atom is -0.339 e. The van der Waals surface area contributed by atoms with Crippen molar-refractivity contribution in [2.24, 2.45) is 0 Å². The zero-order valence-corrected chi connectivity index (χ0v) is 13.4. The molecule has 3 heterocycles. The summed E-state index contributed by atoms with van der Waals surface area (Å²) in [5.41, 5.74) is 2.11. The summed E-state index contributed by atoms with van der Waals surface area (Å²) in [4.78, 5) is 23.5. The largest absolute Gasteiger partial charge is 0.339 e. The van der Waals surface area contributed by atoms with Gasteiger partial charge in [-0.1, -0.05) is 41.5 Å². The molecule has 0 atom stereocenters. The molecule has 0 unspecified atom stereocenters. The van der Waals surface area contributed by atoms with Crippen LogP contribution in [0.4, 0.5) is 0 Å². The molecule has 0 saturated heterocycles. The van der Waals surface area contributed by atoms with Gasteiger partial charge in [-0.05, 0) is 6.92 Å². The van der Waals surface area contributed by atoms with Gasteiger partial charge in [0, 0.05) is 0 Å². The molecule has 110 valence electrons. The Labute approximate surface area is 120 Å². The number of aryl methyl sites for hydroxylation is 1. The lowest BCUT2D eigenvalue weighted by molar-refractivity contribution is 1.14. The van der Waals surface area contributed by atoms with Crippen molar-refractivity contribution >= 4 is 11.2 Å². The van der Waals surface area contributed by atoms with Gasteiger partial charge in [-0.25, -0.2) is 24.9 Å². The van der Waals surface area contributed by atoms with Gasteiger partial charge in [0.05, 0.1) is 0 Å². The van der Waals surface area contributed by atoms with Crippen molar-refractivity contribution in [3.8, 4) is 11.5 Å². The highest BCUT2D eigenvalue weighted by Crippen LogP contribution is 2.20. The lowest BCUT2D eigenvalue weighted by atomic mass is 10.4. The van der Waals surface area contributed by atoms with Crippen molar-refractivity contribution in [2.75, 3.05) is 0 Å². The molecule has 1 N–H and O–H groups in total. The maximum atomic E-state index is 4.21. The molecule has 1 aromatic heterocycles. The first-order valence-electron chi connectivity index (χ1n) is 7.12. The summed E-state index contributed by atoms with van der Waals surface area (Å²) in [6, 6.07) is 0. The highest BCUT2D eigenvalue weighted by molar-refractivity contribution is 5.84. The highest BCUT2D eigenvalue weighted by atomic mass is 15.1. The molecule has 0 aromatic carbocycles. The lowest BCUT2D eigenvalue weighted by Gasteiger charge is -1.85. The highest BCUT2D eigenvalue weighted by Gasteiger charge is 2.12. The molecule has 0 fully saturated rings. The summed E-state index contributed by atoms with van der Waals surface area (Å²) in [6.45, 7) is 13.9. The molecule has 2 aliphatic rings. The molecule has 0 saturated carbocycles. The summed E-state index contributed by atoms with van der Waals surface area (Å²) in [7, 11) is 0. The van der Waals surface area contributed by atoms with Crippen LogP contribution >= 0.6 is 0 Å². The van der Waals surface area contributed by atoms with E-state index in [0.29, 0.717) is 17.2 Å². The average Bonchev–Trinajstić information content (AvgIpc) is 3.09. The van der Waals surface area contributed by atoms with Crippen LogP contribution in [0.5, 0.6) is 0 Å². The van der Waals surface area contributed by atoms with Crippen LogP contribution in [0.3, 0.4) is 0 Å². The molecule has 2 aliphatic heterocycles. The van der Waals surface area contributed by atoms with Gasteiger partial charge in [0.25, 0.3) is 0 Å². The van der Waals surface area contributed by atoms with Crippen molar-refractivity contribution in [3.63, 3.8) is 0 Å². The topological polar surface area (TPSA) is 80.2 Å². The minimum atomic E-state index is 0.580. The molecule has 6 nitrogen and oxygen atoms in total. The number of hydrogen-bond donors (Lipinski definition) is 1. The van der Waals surface area contributed by atoms with Gasteiger partial charge >= 0.3 is 0 Å². The molecule has 20 heavy (non-hydrogen) atoms. The van der Waals surface area contributed by atoms with Crippen LogP contribution in [-0.4, -0.2) is 29.9 Å². The number of rotatable bonds is 0. The van der Waals surface area contributed by atoms with Gasteiger partial charge in [0.15, 0.2) is 11.5 Å². The molecule has 6 heteroatoms. The van der Waals surface area contributed by atoms with Gasteiger partial charge in [-0.3, -0.25) is 0 Å². The van der Waals surface area contributed by atoms with E-state index in [1.54, 1.807) is 0 Å². The lowest BCUT2D eigenvalue weighted by Crippen LogP contribution is -1.79. The number of H-pyrrole nitrogens is 1. The van der Waals surface area contributed by atoms with E-state index in [0.717, 1.165) is 11.3 Å². The normalized spacial score (nSPS) is 8.75. The van der Waals surface area contributed by atoms with Gasteiger partial charge in [-0.2, -0.15) is 0 Å². The Morgan fingerprint density at radius 1 is 0.800 bits per heavy atom. The molecule has 0 bridgehead atoms. The molecule has 0 aliphatic carbocycles. The smallest absolute Gasteiger partial charge is 0.183 e. The Bertz CT molecular complexity index is 575. The first-order valence-corrected chi connectivity index (χ1v) is 7.12. The fourth-order valence-electron chi connectivity index (χ4n) is 1.41. The van der Waals surface area contributed by atoms with E-state index in [1.165, 1.54) is 12.7 Å². The van der Waals surface area contributed by atoms with E-state index in [-0.39, 0.29) is 0 Å². The Hall–Kier alpha value is -2.11. The van der Waals surface area contributed by atoms with Crippen LogP contribution in [0, 0.1) is 6.92 Å². The first-order chi connectivity index (χ1) is 9.84. The first kappa shape index (κ1) is 17.9.